The first kappa shape index (κ1) is 18.8. The van der Waals surface area contributed by atoms with Crippen molar-refractivity contribution in [2.24, 2.45) is 5.92 Å². The maximum Gasteiger partial charge on any atom is 0.406 e. The second kappa shape index (κ2) is 6.98. The minimum absolute atomic E-state index is 0.223. The quantitative estimate of drug-likeness (QED) is 0.796. The Labute approximate surface area is 153 Å². The molecule has 26 heavy (non-hydrogen) atoms. The normalized spacial score (nSPS) is 23.0. The molecule has 1 saturated heterocycles. The highest BCUT2D eigenvalue weighted by Crippen LogP contribution is 2.41. The number of anilines is 1. The number of hydrogen-bond donors (Lipinski definition) is 0. The van der Waals surface area contributed by atoms with Gasteiger partial charge >= 0.3 is 6.18 Å². The third-order valence-electron chi connectivity index (χ3n) is 4.56. The van der Waals surface area contributed by atoms with Crippen LogP contribution in [0.4, 0.5) is 18.9 Å². The van der Waals surface area contributed by atoms with Gasteiger partial charge in [0, 0.05) is 13.0 Å². The molecule has 0 aliphatic carbocycles. The highest BCUT2D eigenvalue weighted by Gasteiger charge is 2.43. The maximum atomic E-state index is 13.0. The van der Waals surface area contributed by atoms with Crippen molar-refractivity contribution in [2.45, 2.75) is 32.0 Å². The van der Waals surface area contributed by atoms with Gasteiger partial charge in [0.2, 0.25) is 11.8 Å². The number of para-hydroxylation sites is 1. The number of nitrogens with zero attached hydrogens (tertiary/aromatic N) is 2. The molecule has 1 aromatic rings. The summed E-state index contributed by atoms with van der Waals surface area (Å²) in [5.74, 6) is -1.47. The zero-order valence-electron chi connectivity index (χ0n) is 14.1. The van der Waals surface area contributed by atoms with Crippen molar-refractivity contribution in [1.29, 1.82) is 0 Å². The van der Waals surface area contributed by atoms with Crippen LogP contribution in [0.5, 0.6) is 5.75 Å². The average Bonchev–Trinajstić information content (AvgIpc) is 2.92. The number of likely N-dealkylation sites (tertiary alicyclic amines) is 1. The second-order valence-corrected chi connectivity index (χ2v) is 6.88. The van der Waals surface area contributed by atoms with Crippen LogP contribution in [0.25, 0.3) is 0 Å². The Balaban J connectivity index is 1.82. The first-order chi connectivity index (χ1) is 12.2. The predicted octanol–water partition coefficient (Wildman–Crippen LogP) is 3.25. The van der Waals surface area contributed by atoms with Crippen LogP contribution in [0.3, 0.4) is 0 Å². The van der Waals surface area contributed by atoms with Crippen molar-refractivity contribution in [3.8, 4) is 5.75 Å². The summed E-state index contributed by atoms with van der Waals surface area (Å²) in [5.41, 5.74) is 0.480. The van der Waals surface area contributed by atoms with Crippen molar-refractivity contribution in [3.63, 3.8) is 0 Å². The van der Waals surface area contributed by atoms with Crippen LogP contribution in [-0.2, 0) is 9.59 Å². The molecule has 142 valence electrons. The van der Waals surface area contributed by atoms with Gasteiger partial charge in [-0.3, -0.25) is 9.59 Å². The summed E-state index contributed by atoms with van der Waals surface area (Å²) >= 11 is 6.16. The molecular weight excluding hydrogens is 373 g/mol. The molecule has 0 unspecified atom stereocenters. The van der Waals surface area contributed by atoms with E-state index in [0.29, 0.717) is 27.8 Å². The van der Waals surface area contributed by atoms with E-state index in [4.69, 9.17) is 16.3 Å². The molecule has 2 heterocycles. The SMILES string of the molecule is CC[C@@H]1CN(C(=O)[C@@H]2CC(=O)N(CC(F)(F)F)C2)c2cccc(Cl)c2O1. The summed E-state index contributed by atoms with van der Waals surface area (Å²) in [4.78, 5) is 27.0. The highest BCUT2D eigenvalue weighted by molar-refractivity contribution is 6.32. The third-order valence-corrected chi connectivity index (χ3v) is 4.86. The number of fused-ring (bicyclic) bond motifs is 1. The molecule has 3 rings (SSSR count). The second-order valence-electron chi connectivity index (χ2n) is 6.48. The Kier molecular flexibility index (Phi) is 5.05. The molecule has 0 N–H and O–H groups in total. The zero-order valence-corrected chi connectivity index (χ0v) is 14.8. The molecule has 0 bridgehead atoms. The number of benzene rings is 1. The first-order valence-electron chi connectivity index (χ1n) is 8.30. The Morgan fingerprint density at radius 2 is 2.08 bits per heavy atom. The summed E-state index contributed by atoms with van der Waals surface area (Å²) in [5, 5.41) is 0.361. The smallest absolute Gasteiger partial charge is 0.406 e. The average molecular weight is 391 g/mol. The topological polar surface area (TPSA) is 49.9 Å². The lowest BCUT2D eigenvalue weighted by Gasteiger charge is -2.36. The molecule has 1 fully saturated rings. The lowest BCUT2D eigenvalue weighted by atomic mass is 10.0. The molecule has 0 aromatic heterocycles. The fraction of sp³-hybridized carbons (Fsp3) is 0.529. The number of hydrogen-bond acceptors (Lipinski definition) is 3. The van der Waals surface area contributed by atoms with E-state index in [1.807, 2.05) is 6.92 Å². The molecule has 5 nitrogen and oxygen atoms in total. The number of carbonyl (C=O) groups excluding carboxylic acids is 2. The Morgan fingerprint density at radius 1 is 1.35 bits per heavy atom. The van der Waals surface area contributed by atoms with Gasteiger partial charge in [0.1, 0.15) is 12.6 Å². The largest absolute Gasteiger partial charge is 0.485 e. The molecule has 2 amide bonds. The summed E-state index contributed by atoms with van der Waals surface area (Å²) in [7, 11) is 0. The number of alkyl halides is 3. The van der Waals surface area contributed by atoms with Crippen LogP contribution in [0.2, 0.25) is 5.02 Å². The molecule has 0 radical (unpaired) electrons. The van der Waals surface area contributed by atoms with Gasteiger partial charge < -0.3 is 14.5 Å². The third kappa shape index (κ3) is 3.75. The van der Waals surface area contributed by atoms with Gasteiger partial charge in [0.25, 0.3) is 0 Å². The van der Waals surface area contributed by atoms with E-state index < -0.39 is 24.5 Å². The Morgan fingerprint density at radius 3 is 2.73 bits per heavy atom. The Hall–Kier alpha value is -1.96. The summed E-state index contributed by atoms with van der Waals surface area (Å²) in [6, 6.07) is 4.99. The van der Waals surface area contributed by atoms with Gasteiger partial charge in [-0.05, 0) is 18.6 Å². The van der Waals surface area contributed by atoms with Gasteiger partial charge in [-0.15, -0.1) is 0 Å². The minimum Gasteiger partial charge on any atom is -0.485 e. The summed E-state index contributed by atoms with van der Waals surface area (Å²) < 4.78 is 43.6. The zero-order chi connectivity index (χ0) is 19.1. The summed E-state index contributed by atoms with van der Waals surface area (Å²) in [6.07, 6.45) is -4.34. The lowest BCUT2D eigenvalue weighted by Crippen LogP contribution is -2.46. The van der Waals surface area contributed by atoms with Gasteiger partial charge in [0.15, 0.2) is 5.75 Å². The van der Waals surface area contributed by atoms with E-state index in [0.717, 1.165) is 0 Å². The lowest BCUT2D eigenvalue weighted by molar-refractivity contribution is -0.157. The van der Waals surface area contributed by atoms with Gasteiger partial charge in [-0.25, -0.2) is 0 Å². The summed E-state index contributed by atoms with van der Waals surface area (Å²) in [6.45, 7) is 0.603. The highest BCUT2D eigenvalue weighted by atomic mass is 35.5. The monoisotopic (exact) mass is 390 g/mol. The van der Waals surface area contributed by atoms with E-state index in [9.17, 15) is 22.8 Å². The molecule has 2 atom stereocenters. The van der Waals surface area contributed by atoms with Crippen molar-refractivity contribution in [1.82, 2.24) is 4.90 Å². The van der Waals surface area contributed by atoms with Gasteiger partial charge in [-0.2, -0.15) is 13.2 Å². The molecule has 0 saturated carbocycles. The molecule has 9 heteroatoms. The first-order valence-corrected chi connectivity index (χ1v) is 8.68. The van der Waals surface area contributed by atoms with E-state index in [2.05, 4.69) is 0 Å². The fourth-order valence-corrected chi connectivity index (χ4v) is 3.50. The van der Waals surface area contributed by atoms with Crippen molar-refractivity contribution in [3.05, 3.63) is 23.2 Å². The van der Waals surface area contributed by atoms with Crippen molar-refractivity contribution in [2.75, 3.05) is 24.5 Å². The number of rotatable bonds is 3. The molecule has 2 aliphatic heterocycles. The standard InChI is InChI=1S/C17H18ClF3N2O3/c1-2-11-8-23(13-5-3-4-12(18)15(13)26-11)16(25)10-6-14(24)22(7-10)9-17(19,20)21/h3-5,10-11H,2,6-9H2,1H3/t10-,11-/m1/s1. The van der Waals surface area contributed by atoms with Crippen LogP contribution < -0.4 is 9.64 Å². The predicted molar refractivity (Wildman–Crippen MR) is 89.3 cm³/mol. The van der Waals surface area contributed by atoms with E-state index in [1.165, 1.54) is 4.90 Å². The number of carbonyl (C=O) groups is 2. The van der Waals surface area contributed by atoms with Crippen LogP contribution in [0.15, 0.2) is 18.2 Å². The molecule has 2 aliphatic rings. The minimum atomic E-state index is -4.49. The number of halogens is 4. The van der Waals surface area contributed by atoms with Crippen molar-refractivity contribution >= 4 is 29.1 Å². The van der Waals surface area contributed by atoms with Crippen LogP contribution in [0, 0.1) is 5.92 Å². The van der Waals surface area contributed by atoms with E-state index in [-0.39, 0.29) is 31.5 Å². The van der Waals surface area contributed by atoms with Crippen LogP contribution in [0.1, 0.15) is 19.8 Å². The molecular formula is C17H18ClF3N2O3. The fourth-order valence-electron chi connectivity index (χ4n) is 3.28. The van der Waals surface area contributed by atoms with E-state index >= 15 is 0 Å². The van der Waals surface area contributed by atoms with Crippen molar-refractivity contribution < 1.29 is 27.5 Å². The van der Waals surface area contributed by atoms with Crippen LogP contribution in [-0.4, -0.2) is 48.6 Å². The molecule has 1 aromatic carbocycles. The van der Waals surface area contributed by atoms with Gasteiger partial charge in [-0.1, -0.05) is 24.6 Å². The molecule has 0 spiro atoms. The van der Waals surface area contributed by atoms with Crippen LogP contribution >= 0.6 is 11.6 Å². The maximum absolute atomic E-state index is 13.0. The number of ether oxygens (including phenoxy) is 1. The van der Waals surface area contributed by atoms with Gasteiger partial charge in [0.05, 0.1) is 23.2 Å². The Bertz CT molecular complexity index is 726. The van der Waals surface area contributed by atoms with E-state index in [1.54, 1.807) is 18.2 Å². The number of amides is 2.